The second-order valence-electron chi connectivity index (χ2n) is 4.17. The van der Waals surface area contributed by atoms with E-state index in [1.807, 2.05) is 0 Å². The molecule has 1 aromatic rings. The Kier molecular flexibility index (Phi) is 5.55. The lowest BCUT2D eigenvalue weighted by molar-refractivity contribution is 0.0952. The number of carbonyl (C=O) groups is 1. The molecule has 0 unspecified atom stereocenters. The number of carbonyl (C=O) groups excluding carboxylic acids is 1. The number of hydrogen-bond donors (Lipinski definition) is 2. The highest BCUT2D eigenvalue weighted by Crippen LogP contribution is 2.17. The summed E-state index contributed by atoms with van der Waals surface area (Å²) in [6, 6.07) is 1.89. The molecule has 0 aromatic heterocycles. The maximum Gasteiger partial charge on any atom is 0.251 e. The van der Waals surface area contributed by atoms with Crippen LogP contribution < -0.4 is 11.1 Å². The summed E-state index contributed by atoms with van der Waals surface area (Å²) in [5.74, 6) is -2.30. The van der Waals surface area contributed by atoms with E-state index in [0.29, 0.717) is 6.54 Å². The van der Waals surface area contributed by atoms with Crippen LogP contribution >= 0.6 is 0 Å². The molecule has 0 saturated carbocycles. The van der Waals surface area contributed by atoms with Crippen LogP contribution in [0, 0.1) is 11.6 Å². The molecule has 0 atom stereocenters. The zero-order valence-corrected chi connectivity index (χ0v) is 10.4. The van der Waals surface area contributed by atoms with Crippen LogP contribution in [-0.2, 0) is 0 Å². The van der Waals surface area contributed by atoms with E-state index in [2.05, 4.69) is 12.2 Å². The molecule has 0 aliphatic rings. The summed E-state index contributed by atoms with van der Waals surface area (Å²) < 4.78 is 26.3. The van der Waals surface area contributed by atoms with Gasteiger partial charge >= 0.3 is 0 Å². The average molecular weight is 256 g/mol. The lowest BCUT2D eigenvalue weighted by atomic mass is 10.1. The number of rotatable bonds is 6. The second kappa shape index (κ2) is 6.93. The van der Waals surface area contributed by atoms with Crippen molar-refractivity contribution in [2.75, 3.05) is 12.3 Å². The van der Waals surface area contributed by atoms with E-state index in [0.717, 1.165) is 37.8 Å². The fourth-order valence-electron chi connectivity index (χ4n) is 1.57. The van der Waals surface area contributed by atoms with Crippen molar-refractivity contribution in [2.45, 2.75) is 32.6 Å². The predicted molar refractivity (Wildman–Crippen MR) is 67.2 cm³/mol. The van der Waals surface area contributed by atoms with Crippen molar-refractivity contribution >= 4 is 11.6 Å². The number of unbranched alkanes of at least 4 members (excludes halogenated alkanes) is 3. The third-order valence-corrected chi connectivity index (χ3v) is 2.66. The third kappa shape index (κ3) is 3.98. The summed E-state index contributed by atoms with van der Waals surface area (Å²) >= 11 is 0. The molecule has 3 nitrogen and oxygen atoms in total. The molecule has 0 aliphatic carbocycles. The SMILES string of the molecule is CCCCCCNC(=O)c1cc(F)c(N)c(F)c1. The molecule has 3 N–H and O–H groups in total. The van der Waals surface area contributed by atoms with Crippen LogP contribution in [-0.4, -0.2) is 12.5 Å². The molecule has 0 bridgehead atoms. The van der Waals surface area contributed by atoms with Crippen LogP contribution in [0.4, 0.5) is 14.5 Å². The topological polar surface area (TPSA) is 55.1 Å². The number of hydrogen-bond acceptors (Lipinski definition) is 2. The van der Waals surface area contributed by atoms with E-state index >= 15 is 0 Å². The van der Waals surface area contributed by atoms with Crippen LogP contribution in [0.5, 0.6) is 0 Å². The molecule has 1 amide bonds. The number of nitrogens with one attached hydrogen (secondary N) is 1. The van der Waals surface area contributed by atoms with E-state index < -0.39 is 23.2 Å². The first-order chi connectivity index (χ1) is 8.56. The number of halogens is 2. The molecule has 0 spiro atoms. The van der Waals surface area contributed by atoms with Gasteiger partial charge in [0.05, 0.1) is 0 Å². The normalized spacial score (nSPS) is 10.4. The minimum Gasteiger partial charge on any atom is -0.394 e. The molecule has 0 radical (unpaired) electrons. The Bertz CT molecular complexity index is 398. The van der Waals surface area contributed by atoms with Crippen LogP contribution in [0.2, 0.25) is 0 Å². The van der Waals surface area contributed by atoms with Crippen LogP contribution in [0.1, 0.15) is 43.0 Å². The molecule has 18 heavy (non-hydrogen) atoms. The highest BCUT2D eigenvalue weighted by Gasteiger charge is 2.12. The Morgan fingerprint density at radius 1 is 1.22 bits per heavy atom. The van der Waals surface area contributed by atoms with Gasteiger partial charge in [0.25, 0.3) is 5.91 Å². The lowest BCUT2D eigenvalue weighted by Crippen LogP contribution is -2.24. The summed E-state index contributed by atoms with van der Waals surface area (Å²) in [6.07, 6.45) is 4.12. The van der Waals surface area contributed by atoms with Gasteiger partial charge in [-0.15, -0.1) is 0 Å². The maximum atomic E-state index is 13.1. The molecular formula is C13H18F2N2O. The van der Waals surface area contributed by atoms with E-state index in [9.17, 15) is 13.6 Å². The Balaban J connectivity index is 2.52. The summed E-state index contributed by atoms with van der Waals surface area (Å²) in [6.45, 7) is 2.60. The minimum atomic E-state index is -0.911. The van der Waals surface area contributed by atoms with Crippen LogP contribution in [0.15, 0.2) is 12.1 Å². The Labute approximate surface area is 105 Å². The molecule has 1 aromatic carbocycles. The molecule has 0 fully saturated rings. The molecule has 1 rings (SSSR count). The Morgan fingerprint density at radius 2 is 1.83 bits per heavy atom. The summed E-state index contributed by atoms with van der Waals surface area (Å²) in [7, 11) is 0. The zero-order chi connectivity index (χ0) is 13.5. The van der Waals surface area contributed by atoms with Gasteiger partial charge in [-0.1, -0.05) is 26.2 Å². The highest BCUT2D eigenvalue weighted by atomic mass is 19.1. The van der Waals surface area contributed by atoms with E-state index in [4.69, 9.17) is 5.73 Å². The molecule has 5 heteroatoms. The van der Waals surface area contributed by atoms with Gasteiger partial charge in [-0.2, -0.15) is 0 Å². The van der Waals surface area contributed by atoms with Crippen molar-refractivity contribution < 1.29 is 13.6 Å². The molecule has 0 heterocycles. The van der Waals surface area contributed by atoms with Gasteiger partial charge in [-0.3, -0.25) is 4.79 Å². The van der Waals surface area contributed by atoms with Gasteiger partial charge in [-0.05, 0) is 18.6 Å². The number of amides is 1. The number of anilines is 1. The fraction of sp³-hybridized carbons (Fsp3) is 0.462. The zero-order valence-electron chi connectivity index (χ0n) is 10.4. The van der Waals surface area contributed by atoms with Gasteiger partial charge in [0.15, 0.2) is 0 Å². The van der Waals surface area contributed by atoms with Gasteiger partial charge < -0.3 is 11.1 Å². The van der Waals surface area contributed by atoms with Crippen molar-refractivity contribution in [3.63, 3.8) is 0 Å². The van der Waals surface area contributed by atoms with Gasteiger partial charge in [-0.25, -0.2) is 8.78 Å². The molecule has 100 valence electrons. The van der Waals surface area contributed by atoms with Gasteiger partial charge in [0.1, 0.15) is 17.3 Å². The first-order valence-electron chi connectivity index (χ1n) is 6.09. The van der Waals surface area contributed by atoms with Crippen molar-refractivity contribution in [3.05, 3.63) is 29.3 Å². The van der Waals surface area contributed by atoms with Crippen molar-refractivity contribution in [2.24, 2.45) is 0 Å². The quantitative estimate of drug-likeness (QED) is 0.607. The number of benzene rings is 1. The van der Waals surface area contributed by atoms with E-state index in [1.54, 1.807) is 0 Å². The average Bonchev–Trinajstić information content (AvgIpc) is 2.34. The van der Waals surface area contributed by atoms with E-state index in [-0.39, 0.29) is 5.56 Å². The smallest absolute Gasteiger partial charge is 0.251 e. The summed E-state index contributed by atoms with van der Waals surface area (Å²) in [5, 5.41) is 2.62. The van der Waals surface area contributed by atoms with Crippen LogP contribution in [0.25, 0.3) is 0 Å². The largest absolute Gasteiger partial charge is 0.394 e. The third-order valence-electron chi connectivity index (χ3n) is 2.66. The molecular weight excluding hydrogens is 238 g/mol. The Hall–Kier alpha value is -1.65. The fourth-order valence-corrected chi connectivity index (χ4v) is 1.57. The van der Waals surface area contributed by atoms with Crippen molar-refractivity contribution in [3.8, 4) is 0 Å². The first kappa shape index (κ1) is 14.4. The summed E-state index contributed by atoms with van der Waals surface area (Å²) in [4.78, 5) is 11.6. The van der Waals surface area contributed by atoms with Gasteiger partial charge in [0.2, 0.25) is 0 Å². The van der Waals surface area contributed by atoms with Crippen molar-refractivity contribution in [1.82, 2.24) is 5.32 Å². The standard InChI is InChI=1S/C13H18F2N2O/c1-2-3-4-5-6-17-13(18)9-7-10(14)12(16)11(15)8-9/h7-8H,2-6,16H2,1H3,(H,17,18). The summed E-state index contributed by atoms with van der Waals surface area (Å²) in [5.41, 5.74) is 4.52. The lowest BCUT2D eigenvalue weighted by Gasteiger charge is -2.06. The molecule has 0 saturated heterocycles. The maximum absolute atomic E-state index is 13.1. The number of nitrogens with two attached hydrogens (primary N) is 1. The highest BCUT2D eigenvalue weighted by molar-refractivity contribution is 5.94. The Morgan fingerprint density at radius 3 is 2.39 bits per heavy atom. The minimum absolute atomic E-state index is 0.0466. The monoisotopic (exact) mass is 256 g/mol. The van der Waals surface area contributed by atoms with E-state index in [1.165, 1.54) is 0 Å². The predicted octanol–water partition coefficient (Wildman–Crippen LogP) is 2.86. The molecule has 0 aliphatic heterocycles. The van der Waals surface area contributed by atoms with Crippen LogP contribution in [0.3, 0.4) is 0 Å². The van der Waals surface area contributed by atoms with Crippen molar-refractivity contribution in [1.29, 1.82) is 0 Å². The van der Waals surface area contributed by atoms with Gasteiger partial charge in [0, 0.05) is 12.1 Å². The second-order valence-corrected chi connectivity index (χ2v) is 4.17. The number of nitrogen functional groups attached to an aromatic ring is 1. The first-order valence-corrected chi connectivity index (χ1v) is 6.09.